The third-order valence-electron chi connectivity index (χ3n) is 4.01. The molecule has 1 aromatic rings. The summed E-state index contributed by atoms with van der Waals surface area (Å²) in [5.41, 5.74) is -0.629. The largest absolute Gasteiger partial charge is 0.324 e. The summed E-state index contributed by atoms with van der Waals surface area (Å²) in [7, 11) is -3.72. The van der Waals surface area contributed by atoms with E-state index in [9.17, 15) is 22.0 Å². The Bertz CT molecular complexity index is 726. The average Bonchev–Trinajstić information content (AvgIpc) is 3.03. The van der Waals surface area contributed by atoms with E-state index >= 15 is 0 Å². The van der Waals surface area contributed by atoms with Crippen molar-refractivity contribution < 1.29 is 22.0 Å². The molecule has 1 amide bonds. The van der Waals surface area contributed by atoms with Crippen LogP contribution in [0, 0.1) is 17.6 Å². The second-order valence-corrected chi connectivity index (χ2v) is 8.02. The van der Waals surface area contributed by atoms with Crippen LogP contribution in [-0.2, 0) is 14.8 Å². The van der Waals surface area contributed by atoms with Crippen LogP contribution in [0.3, 0.4) is 0 Å². The van der Waals surface area contributed by atoms with Gasteiger partial charge in [0, 0.05) is 12.5 Å². The van der Waals surface area contributed by atoms with Crippen LogP contribution in [-0.4, -0.2) is 33.2 Å². The van der Waals surface area contributed by atoms with Crippen molar-refractivity contribution in [2.24, 2.45) is 5.92 Å². The van der Waals surface area contributed by atoms with Gasteiger partial charge in [0.15, 0.2) is 0 Å². The summed E-state index contributed by atoms with van der Waals surface area (Å²) in [6, 6.07) is 1.52. The van der Waals surface area contributed by atoms with E-state index in [0.717, 1.165) is 25.6 Å². The molecule has 0 aliphatic carbocycles. The van der Waals surface area contributed by atoms with E-state index in [4.69, 9.17) is 0 Å². The van der Waals surface area contributed by atoms with Gasteiger partial charge in [-0.05, 0) is 44.3 Å². The lowest BCUT2D eigenvalue weighted by molar-refractivity contribution is -0.116. The van der Waals surface area contributed by atoms with Crippen molar-refractivity contribution in [3.05, 3.63) is 23.8 Å². The van der Waals surface area contributed by atoms with E-state index in [-0.39, 0.29) is 41.9 Å². The Morgan fingerprint density at radius 2 is 1.96 bits per heavy atom. The molecule has 2 rings (SSSR count). The average molecular weight is 412 g/mol. The monoisotopic (exact) mass is 411 g/mol. The summed E-state index contributed by atoms with van der Waals surface area (Å²) < 4.78 is 53.3. The zero-order chi connectivity index (χ0) is 18.4. The topological polar surface area (TPSA) is 87.3 Å². The van der Waals surface area contributed by atoms with Crippen molar-refractivity contribution in [2.75, 3.05) is 28.9 Å². The number of benzene rings is 1. The fourth-order valence-corrected chi connectivity index (χ4v) is 3.85. The minimum Gasteiger partial charge on any atom is -0.324 e. The van der Waals surface area contributed by atoms with Gasteiger partial charge in [0.25, 0.3) is 0 Å². The number of carbonyl (C=O) groups excluding carboxylic acids is 1. The summed E-state index contributed by atoms with van der Waals surface area (Å²) in [5, 5.41) is 5.59. The molecule has 0 saturated carbocycles. The highest BCUT2D eigenvalue weighted by Gasteiger charge is 2.18. The molecule has 0 aromatic heterocycles. The van der Waals surface area contributed by atoms with E-state index in [2.05, 4.69) is 15.4 Å². The van der Waals surface area contributed by atoms with Crippen LogP contribution in [0.5, 0.6) is 0 Å². The third-order valence-corrected chi connectivity index (χ3v) is 5.49. The maximum Gasteiger partial charge on any atom is 0.232 e. The van der Waals surface area contributed by atoms with Gasteiger partial charge in [-0.1, -0.05) is 6.92 Å². The Balaban J connectivity index is 0.00000338. The molecule has 6 nitrogen and oxygen atoms in total. The SMILES string of the molecule is CCCS(=O)(=O)Nc1cc(NC(=O)CCC2CCNC2)c(F)cc1F.Cl. The number of halogens is 3. The standard InChI is InChI=1S/C16H23F2N3O3S.ClH/c1-2-7-25(23,24)21-15-9-14(12(17)8-13(15)18)20-16(22)4-3-11-5-6-19-10-11;/h8-9,11,19,21H,2-7,10H2,1H3,(H,20,22);1H. The van der Waals surface area contributed by atoms with E-state index < -0.39 is 21.7 Å². The summed E-state index contributed by atoms with van der Waals surface area (Å²) in [6.45, 7) is 3.47. The fourth-order valence-electron chi connectivity index (χ4n) is 2.72. The maximum absolute atomic E-state index is 13.9. The Morgan fingerprint density at radius 3 is 2.58 bits per heavy atom. The number of hydrogen-bond acceptors (Lipinski definition) is 4. The number of rotatable bonds is 8. The predicted molar refractivity (Wildman–Crippen MR) is 100 cm³/mol. The molecule has 0 spiro atoms. The molecule has 1 saturated heterocycles. The minimum atomic E-state index is -3.72. The first-order valence-electron chi connectivity index (χ1n) is 8.31. The van der Waals surface area contributed by atoms with Gasteiger partial charge in [0.05, 0.1) is 17.1 Å². The first kappa shape index (κ1) is 22.6. The highest BCUT2D eigenvalue weighted by Crippen LogP contribution is 2.25. The normalized spacial score (nSPS) is 16.8. The highest BCUT2D eigenvalue weighted by atomic mass is 35.5. The predicted octanol–water partition coefficient (Wildman–Crippen LogP) is 2.87. The van der Waals surface area contributed by atoms with Gasteiger partial charge in [0.2, 0.25) is 15.9 Å². The molecule has 1 aliphatic heterocycles. The highest BCUT2D eigenvalue weighted by molar-refractivity contribution is 7.92. The van der Waals surface area contributed by atoms with Crippen molar-refractivity contribution >= 4 is 39.7 Å². The first-order valence-corrected chi connectivity index (χ1v) is 9.96. The quantitative estimate of drug-likeness (QED) is 0.613. The Morgan fingerprint density at radius 1 is 1.27 bits per heavy atom. The number of carbonyl (C=O) groups is 1. The number of amides is 1. The molecule has 1 aliphatic rings. The van der Waals surface area contributed by atoms with E-state index in [1.54, 1.807) is 6.92 Å². The van der Waals surface area contributed by atoms with Gasteiger partial charge in [-0.15, -0.1) is 12.4 Å². The molecule has 26 heavy (non-hydrogen) atoms. The van der Waals surface area contributed by atoms with Crippen LogP contribution in [0.15, 0.2) is 12.1 Å². The molecule has 1 unspecified atom stereocenters. The van der Waals surface area contributed by atoms with E-state index in [0.29, 0.717) is 24.8 Å². The van der Waals surface area contributed by atoms with Crippen LogP contribution >= 0.6 is 12.4 Å². The third kappa shape index (κ3) is 6.69. The van der Waals surface area contributed by atoms with Crippen molar-refractivity contribution in [1.29, 1.82) is 0 Å². The second kappa shape index (κ2) is 10.0. The smallest absolute Gasteiger partial charge is 0.232 e. The van der Waals surface area contributed by atoms with Crippen molar-refractivity contribution in [3.63, 3.8) is 0 Å². The summed E-state index contributed by atoms with van der Waals surface area (Å²) in [4.78, 5) is 12.0. The fraction of sp³-hybridized carbons (Fsp3) is 0.562. The molecule has 10 heteroatoms. The molecule has 0 radical (unpaired) electrons. The van der Waals surface area contributed by atoms with Crippen molar-refractivity contribution in [1.82, 2.24) is 5.32 Å². The Kier molecular flexibility index (Phi) is 8.72. The van der Waals surface area contributed by atoms with Crippen LogP contribution < -0.4 is 15.4 Å². The Hall–Kier alpha value is -1.45. The maximum atomic E-state index is 13.9. The molecule has 1 heterocycles. The van der Waals surface area contributed by atoms with E-state index in [1.807, 2.05) is 0 Å². The van der Waals surface area contributed by atoms with Crippen molar-refractivity contribution in [2.45, 2.75) is 32.6 Å². The molecule has 0 bridgehead atoms. The molecule has 3 N–H and O–H groups in total. The molecule has 1 fully saturated rings. The molecule has 1 aromatic carbocycles. The zero-order valence-corrected chi connectivity index (χ0v) is 16.1. The lowest BCUT2D eigenvalue weighted by Gasteiger charge is -2.13. The van der Waals surface area contributed by atoms with Gasteiger partial charge in [0.1, 0.15) is 11.6 Å². The zero-order valence-electron chi connectivity index (χ0n) is 14.5. The molecule has 148 valence electrons. The molecular formula is C16H24ClF2N3O3S. The van der Waals surface area contributed by atoms with Crippen LogP contribution in [0.1, 0.15) is 32.6 Å². The number of anilines is 2. The van der Waals surface area contributed by atoms with Gasteiger partial charge in [-0.25, -0.2) is 17.2 Å². The van der Waals surface area contributed by atoms with Crippen LogP contribution in [0.2, 0.25) is 0 Å². The summed E-state index contributed by atoms with van der Waals surface area (Å²) in [6.07, 6.45) is 2.26. The van der Waals surface area contributed by atoms with Gasteiger partial charge in [-0.2, -0.15) is 0 Å². The van der Waals surface area contributed by atoms with Crippen LogP contribution in [0.25, 0.3) is 0 Å². The van der Waals surface area contributed by atoms with Gasteiger partial charge >= 0.3 is 0 Å². The number of nitrogens with one attached hydrogen (secondary N) is 3. The molecular weight excluding hydrogens is 388 g/mol. The minimum absolute atomic E-state index is 0. The van der Waals surface area contributed by atoms with Gasteiger partial charge in [-0.3, -0.25) is 9.52 Å². The van der Waals surface area contributed by atoms with Crippen molar-refractivity contribution in [3.8, 4) is 0 Å². The van der Waals surface area contributed by atoms with Crippen LogP contribution in [0.4, 0.5) is 20.2 Å². The lowest BCUT2D eigenvalue weighted by atomic mass is 10.0. The Labute approximate surface area is 158 Å². The number of sulfonamides is 1. The second-order valence-electron chi connectivity index (χ2n) is 6.18. The lowest BCUT2D eigenvalue weighted by Crippen LogP contribution is -2.18. The van der Waals surface area contributed by atoms with E-state index in [1.165, 1.54) is 0 Å². The molecule has 1 atom stereocenters. The first-order chi connectivity index (χ1) is 11.8. The summed E-state index contributed by atoms with van der Waals surface area (Å²) >= 11 is 0. The number of hydrogen-bond donors (Lipinski definition) is 3. The van der Waals surface area contributed by atoms with Gasteiger partial charge < -0.3 is 10.6 Å². The summed E-state index contributed by atoms with van der Waals surface area (Å²) in [5.74, 6) is -2.14.